The van der Waals surface area contributed by atoms with E-state index >= 15 is 0 Å². The summed E-state index contributed by atoms with van der Waals surface area (Å²) >= 11 is 0. The highest BCUT2D eigenvalue weighted by atomic mass is 16.1. The quantitative estimate of drug-likeness (QED) is 0.873. The second-order valence-electron chi connectivity index (χ2n) is 3.92. The molecule has 0 radical (unpaired) electrons. The molecule has 0 unspecified atom stereocenters. The van der Waals surface area contributed by atoms with E-state index in [1.165, 1.54) is 4.68 Å². The van der Waals surface area contributed by atoms with Crippen molar-refractivity contribution in [2.24, 2.45) is 0 Å². The third-order valence-electron chi connectivity index (χ3n) is 2.64. The molecule has 0 saturated heterocycles. The molecule has 0 fully saturated rings. The molecule has 2 aromatic rings. The summed E-state index contributed by atoms with van der Waals surface area (Å²) in [5.41, 5.74) is 2.15. The zero-order valence-electron chi connectivity index (χ0n) is 10.6. The summed E-state index contributed by atoms with van der Waals surface area (Å²) in [6.45, 7) is 2.98. The van der Waals surface area contributed by atoms with Gasteiger partial charge in [0.15, 0.2) is 0 Å². The van der Waals surface area contributed by atoms with Gasteiger partial charge in [-0.1, -0.05) is 6.07 Å². The fraction of sp³-hybridized carbons (Fsp3) is 0.308. The molecule has 0 saturated carbocycles. The van der Waals surface area contributed by atoms with Gasteiger partial charge < -0.3 is 5.32 Å². The second-order valence-corrected chi connectivity index (χ2v) is 3.92. The molecule has 2 aromatic heterocycles. The summed E-state index contributed by atoms with van der Waals surface area (Å²) in [5, 5.41) is 7.31. The third kappa shape index (κ3) is 2.46. The number of nitrogens with zero attached hydrogens (tertiary/aromatic N) is 3. The minimum atomic E-state index is -0.0495. The van der Waals surface area contributed by atoms with E-state index in [-0.39, 0.29) is 5.56 Å². The maximum absolute atomic E-state index is 12.0. The third-order valence-corrected chi connectivity index (χ3v) is 2.64. The highest BCUT2D eigenvalue weighted by Crippen LogP contribution is 2.12. The van der Waals surface area contributed by atoms with Gasteiger partial charge >= 0.3 is 0 Å². The Labute approximate surface area is 105 Å². The van der Waals surface area contributed by atoms with Crippen molar-refractivity contribution in [3.05, 3.63) is 46.4 Å². The standard InChI is InChI=1S/C13H16N4O/c1-3-17-13(18)10(9-14-2)8-12(16-17)11-6-4-5-7-15-11/h4-8,14H,3,9H2,1-2H3. The monoisotopic (exact) mass is 244 g/mol. The molecular weight excluding hydrogens is 228 g/mol. The van der Waals surface area contributed by atoms with Gasteiger partial charge in [-0.05, 0) is 32.2 Å². The van der Waals surface area contributed by atoms with Crippen LogP contribution in [0.1, 0.15) is 12.5 Å². The highest BCUT2D eigenvalue weighted by molar-refractivity contribution is 5.53. The first-order valence-corrected chi connectivity index (χ1v) is 5.93. The van der Waals surface area contributed by atoms with Crippen LogP contribution in [-0.2, 0) is 13.1 Å². The van der Waals surface area contributed by atoms with Gasteiger partial charge in [0.25, 0.3) is 5.56 Å². The van der Waals surface area contributed by atoms with E-state index in [1.807, 2.05) is 32.2 Å². The van der Waals surface area contributed by atoms with Crippen molar-refractivity contribution in [3.63, 3.8) is 0 Å². The topological polar surface area (TPSA) is 59.8 Å². The highest BCUT2D eigenvalue weighted by Gasteiger charge is 2.08. The molecule has 94 valence electrons. The van der Waals surface area contributed by atoms with Gasteiger partial charge in [-0.15, -0.1) is 0 Å². The maximum atomic E-state index is 12.0. The largest absolute Gasteiger partial charge is 0.315 e. The van der Waals surface area contributed by atoms with Crippen LogP contribution in [0.15, 0.2) is 35.3 Å². The van der Waals surface area contributed by atoms with Gasteiger partial charge in [0, 0.05) is 24.8 Å². The maximum Gasteiger partial charge on any atom is 0.271 e. The number of aryl methyl sites for hydroxylation is 1. The van der Waals surface area contributed by atoms with E-state index in [9.17, 15) is 4.79 Å². The average molecular weight is 244 g/mol. The molecule has 5 nitrogen and oxygen atoms in total. The lowest BCUT2D eigenvalue weighted by atomic mass is 10.2. The first-order valence-electron chi connectivity index (χ1n) is 5.93. The Hall–Kier alpha value is -2.01. The summed E-state index contributed by atoms with van der Waals surface area (Å²) in [6.07, 6.45) is 1.72. The van der Waals surface area contributed by atoms with E-state index in [2.05, 4.69) is 15.4 Å². The molecule has 5 heteroatoms. The van der Waals surface area contributed by atoms with Crippen molar-refractivity contribution in [2.45, 2.75) is 20.0 Å². The van der Waals surface area contributed by atoms with Crippen molar-refractivity contribution in [3.8, 4) is 11.4 Å². The fourth-order valence-electron chi connectivity index (χ4n) is 1.77. The Morgan fingerprint density at radius 1 is 1.33 bits per heavy atom. The number of pyridine rings is 1. The molecule has 18 heavy (non-hydrogen) atoms. The van der Waals surface area contributed by atoms with Crippen LogP contribution >= 0.6 is 0 Å². The van der Waals surface area contributed by atoms with E-state index in [4.69, 9.17) is 0 Å². The van der Waals surface area contributed by atoms with Gasteiger partial charge in [0.05, 0.1) is 5.69 Å². The van der Waals surface area contributed by atoms with Crippen molar-refractivity contribution in [2.75, 3.05) is 7.05 Å². The van der Waals surface area contributed by atoms with Crippen molar-refractivity contribution < 1.29 is 0 Å². The zero-order valence-corrected chi connectivity index (χ0v) is 10.6. The molecule has 2 rings (SSSR count). The molecule has 0 spiro atoms. The summed E-state index contributed by atoms with van der Waals surface area (Å²) in [4.78, 5) is 16.3. The van der Waals surface area contributed by atoms with Gasteiger partial charge in [-0.3, -0.25) is 9.78 Å². The Morgan fingerprint density at radius 2 is 2.17 bits per heavy atom. The predicted molar refractivity (Wildman–Crippen MR) is 70.2 cm³/mol. The second kappa shape index (κ2) is 5.55. The molecule has 0 aromatic carbocycles. The molecule has 0 bridgehead atoms. The molecular formula is C13H16N4O. The molecule has 0 aliphatic carbocycles. The van der Waals surface area contributed by atoms with Gasteiger partial charge in [-0.25, -0.2) is 4.68 Å². The number of aromatic nitrogens is 3. The van der Waals surface area contributed by atoms with Crippen LogP contribution in [0.4, 0.5) is 0 Å². The lowest BCUT2D eigenvalue weighted by molar-refractivity contribution is 0.604. The number of nitrogens with one attached hydrogen (secondary N) is 1. The SMILES string of the molecule is CCn1nc(-c2ccccn2)cc(CNC)c1=O. The van der Waals surface area contributed by atoms with Crippen LogP contribution < -0.4 is 10.9 Å². The van der Waals surface area contributed by atoms with Gasteiger partial charge in [0.2, 0.25) is 0 Å². The van der Waals surface area contributed by atoms with Crippen LogP contribution in [0.2, 0.25) is 0 Å². The van der Waals surface area contributed by atoms with Crippen LogP contribution in [0.5, 0.6) is 0 Å². The normalized spacial score (nSPS) is 10.6. The van der Waals surface area contributed by atoms with E-state index < -0.39 is 0 Å². The van der Waals surface area contributed by atoms with Crippen molar-refractivity contribution in [1.29, 1.82) is 0 Å². The predicted octanol–water partition coefficient (Wildman–Crippen LogP) is 1.04. The van der Waals surface area contributed by atoms with Crippen molar-refractivity contribution >= 4 is 0 Å². The van der Waals surface area contributed by atoms with E-state index in [1.54, 1.807) is 12.3 Å². The molecule has 2 heterocycles. The molecule has 0 atom stereocenters. The van der Waals surface area contributed by atoms with Gasteiger partial charge in [-0.2, -0.15) is 5.10 Å². The van der Waals surface area contributed by atoms with Crippen molar-refractivity contribution in [1.82, 2.24) is 20.1 Å². The van der Waals surface area contributed by atoms with Crippen LogP contribution in [0.25, 0.3) is 11.4 Å². The lowest BCUT2D eigenvalue weighted by Gasteiger charge is -2.08. The summed E-state index contributed by atoms with van der Waals surface area (Å²) < 4.78 is 1.47. The Balaban J connectivity index is 2.55. The first-order chi connectivity index (χ1) is 8.76. The van der Waals surface area contributed by atoms with Crippen LogP contribution in [0.3, 0.4) is 0 Å². The smallest absolute Gasteiger partial charge is 0.271 e. The minimum absolute atomic E-state index is 0.0495. The fourth-order valence-corrected chi connectivity index (χ4v) is 1.77. The molecule has 0 aliphatic heterocycles. The van der Waals surface area contributed by atoms with E-state index in [0.717, 1.165) is 11.4 Å². The molecule has 0 aliphatic rings. The summed E-state index contributed by atoms with van der Waals surface area (Å²) in [6, 6.07) is 7.44. The Bertz CT molecular complexity index is 577. The average Bonchev–Trinajstić information content (AvgIpc) is 2.42. The summed E-state index contributed by atoms with van der Waals surface area (Å²) in [5.74, 6) is 0. The summed E-state index contributed by atoms with van der Waals surface area (Å²) in [7, 11) is 1.82. The first kappa shape index (κ1) is 12.4. The Morgan fingerprint density at radius 3 is 2.78 bits per heavy atom. The number of rotatable bonds is 4. The Kier molecular flexibility index (Phi) is 3.84. The molecule has 0 amide bonds. The zero-order chi connectivity index (χ0) is 13.0. The van der Waals surface area contributed by atoms with Gasteiger partial charge in [0.1, 0.15) is 5.69 Å². The number of hydrogen-bond acceptors (Lipinski definition) is 4. The van der Waals surface area contributed by atoms with Crippen LogP contribution in [0, 0.1) is 0 Å². The van der Waals surface area contributed by atoms with Crippen LogP contribution in [-0.4, -0.2) is 21.8 Å². The minimum Gasteiger partial charge on any atom is -0.315 e. The molecule has 1 N–H and O–H groups in total. The number of hydrogen-bond donors (Lipinski definition) is 1. The van der Waals surface area contributed by atoms with E-state index in [0.29, 0.717) is 18.7 Å². The lowest BCUT2D eigenvalue weighted by Crippen LogP contribution is -2.28.